The van der Waals surface area contributed by atoms with Crippen LogP contribution in [0.15, 0.2) is 5.16 Å². The van der Waals surface area contributed by atoms with Crippen molar-refractivity contribution in [1.29, 1.82) is 0 Å². The third-order valence-electron chi connectivity index (χ3n) is 13.4. The number of cyclic esters (lactones) is 1. The van der Waals surface area contributed by atoms with Gasteiger partial charge in [-0.2, -0.15) is 0 Å². The number of esters is 1. The quantitative estimate of drug-likeness (QED) is 0.0909. The number of ether oxygens (including phenoxy) is 8. The molecule has 3 fully saturated rings. The molecule has 0 aliphatic carbocycles. The van der Waals surface area contributed by atoms with E-state index >= 15 is 0 Å². The highest BCUT2D eigenvalue weighted by Crippen LogP contribution is 2.42. The third-order valence-corrected chi connectivity index (χ3v) is 13.4. The predicted molar refractivity (Wildman–Crippen MR) is 222 cm³/mol. The lowest BCUT2D eigenvalue weighted by Crippen LogP contribution is -2.61. The van der Waals surface area contributed by atoms with Gasteiger partial charge in [0.15, 0.2) is 12.6 Å². The molecule has 16 heteroatoms. The minimum Gasteiger partial charge on any atom is -0.459 e. The number of hydrogen-bond acceptors (Lipinski definition) is 16. The average Bonchev–Trinajstić information content (AvgIpc) is 3.16. The number of rotatable bonds is 13. The van der Waals surface area contributed by atoms with Crippen LogP contribution >= 0.6 is 0 Å². The number of nitrogens with zero attached hydrogens (tertiary/aromatic N) is 3. The van der Waals surface area contributed by atoms with Crippen LogP contribution in [0, 0.1) is 23.7 Å². The molecular formula is C43H81N3O13. The number of hydrogen-bond donors (Lipinski definition) is 4. The molecule has 59 heavy (non-hydrogen) atoms. The van der Waals surface area contributed by atoms with Crippen LogP contribution in [-0.4, -0.2) is 182 Å². The smallest absolute Gasteiger partial charge is 0.311 e. The normalized spacial score (nSPS) is 45.4. The lowest BCUT2D eigenvalue weighted by atomic mass is 9.73. The van der Waals surface area contributed by atoms with E-state index in [1.807, 2.05) is 74.6 Å². The zero-order valence-electron chi connectivity index (χ0n) is 38.9. The number of aliphatic hydroxyl groups is 3. The number of likely N-dealkylation sites (N-methyl/N-ethyl adjacent to an activating group) is 1. The Bertz CT molecular complexity index is 1340. The second-order valence-electron chi connectivity index (χ2n) is 18.8. The fourth-order valence-corrected chi connectivity index (χ4v) is 9.68. The second kappa shape index (κ2) is 21.7. The van der Waals surface area contributed by atoms with Crippen LogP contribution in [0.3, 0.4) is 0 Å². The van der Waals surface area contributed by atoms with Gasteiger partial charge in [-0.15, -0.1) is 0 Å². The minimum atomic E-state index is -1.93. The van der Waals surface area contributed by atoms with E-state index in [2.05, 4.69) is 10.1 Å². The molecular weight excluding hydrogens is 766 g/mol. The van der Waals surface area contributed by atoms with Crippen LogP contribution in [0.1, 0.15) is 101 Å². The summed E-state index contributed by atoms with van der Waals surface area (Å²) < 4.78 is 51.8. The summed E-state index contributed by atoms with van der Waals surface area (Å²) >= 11 is 0. The molecule has 0 aromatic heterocycles. The zero-order chi connectivity index (χ0) is 44.8. The van der Waals surface area contributed by atoms with Crippen molar-refractivity contribution >= 4 is 11.7 Å². The number of oxime groups is 1. The van der Waals surface area contributed by atoms with E-state index in [0.717, 1.165) is 13.0 Å². The Morgan fingerprint density at radius 3 is 2.03 bits per heavy atom. The number of aliphatic hydroxyl groups excluding tert-OH is 2. The molecule has 0 bridgehead atoms. The molecule has 3 aliphatic heterocycles. The summed E-state index contributed by atoms with van der Waals surface area (Å²) in [6.07, 6.45) is -6.62. The van der Waals surface area contributed by atoms with Gasteiger partial charge in [0.1, 0.15) is 23.9 Å². The van der Waals surface area contributed by atoms with Crippen molar-refractivity contribution in [3.63, 3.8) is 0 Å². The van der Waals surface area contributed by atoms with Crippen molar-refractivity contribution < 1.29 is 63.2 Å². The molecule has 0 aromatic carbocycles. The van der Waals surface area contributed by atoms with E-state index in [9.17, 15) is 25.3 Å². The topological polar surface area (TPSA) is 191 Å². The molecule has 8 unspecified atom stereocenters. The first-order valence-electron chi connectivity index (χ1n) is 21.6. The molecule has 16 nitrogen and oxygen atoms in total. The first kappa shape index (κ1) is 51.8. The molecule has 3 saturated heterocycles. The van der Waals surface area contributed by atoms with Gasteiger partial charge in [-0.25, -0.2) is 0 Å². The van der Waals surface area contributed by atoms with Gasteiger partial charge in [0.25, 0.3) is 0 Å². The van der Waals surface area contributed by atoms with E-state index in [-0.39, 0.29) is 37.1 Å². The zero-order valence-corrected chi connectivity index (χ0v) is 38.9. The highest BCUT2D eigenvalue weighted by molar-refractivity contribution is 5.88. The molecule has 18 atom stereocenters. The van der Waals surface area contributed by atoms with Gasteiger partial charge in [0.2, 0.25) is 0 Å². The molecule has 3 aliphatic rings. The second-order valence-corrected chi connectivity index (χ2v) is 18.8. The molecule has 0 radical (unpaired) electrons. The van der Waals surface area contributed by atoms with Gasteiger partial charge in [-0.3, -0.25) is 4.79 Å². The molecule has 3 heterocycles. The fourth-order valence-electron chi connectivity index (χ4n) is 9.68. The maximum Gasteiger partial charge on any atom is 0.311 e. The standard InChI is InChI=1S/C43H81N3O13/c1-17-31-43(10,50)36(48)26(4)33(44-51)24(2)22-41(8,52-15)37(59-40-34(47)30(46(13)14)21-25(3)55-40)27(5)35(28(6)39(49)57-31)58-32-23-42(9,53-16)38(29(7)56-32)54-20-18-19-45(11)12/h24-32,34-38,40,47-48,50-51H,17-23H2,1-16H3/b44-33+/t24-,25?,26+,27+,28-,29?,30?,31-,32?,34?,35+,36-,37-,38?,40?,41-,42?,43-/m1/s1. The molecule has 0 aromatic rings. The SMILES string of the molecule is CC[C@H]1OC(=O)[C@H](C)[C@@H](OC2CC(C)(OC)C(OCCCN(C)C)C(C)O2)[C@H](C)[C@@H](OC2OC(C)CC(N(C)C)C2O)[C@](C)(OC)C[C@@H](C)/C(=N\O)[C@H](C)[C@@H](O)[C@]1(C)O. The summed E-state index contributed by atoms with van der Waals surface area (Å²) in [5.41, 5.74) is -3.76. The Labute approximate surface area is 354 Å². The summed E-state index contributed by atoms with van der Waals surface area (Å²) in [5, 5.41) is 49.4. The molecule has 0 saturated carbocycles. The lowest BCUT2D eigenvalue weighted by molar-refractivity contribution is -0.322. The molecule has 0 spiro atoms. The number of methoxy groups -OCH3 is 2. The summed E-state index contributed by atoms with van der Waals surface area (Å²) in [6.45, 7) is 19.3. The summed E-state index contributed by atoms with van der Waals surface area (Å²) in [4.78, 5) is 18.5. The van der Waals surface area contributed by atoms with Crippen LogP contribution in [0.5, 0.6) is 0 Å². The van der Waals surface area contributed by atoms with Gasteiger partial charge in [0, 0.05) is 51.0 Å². The van der Waals surface area contributed by atoms with Crippen LogP contribution < -0.4 is 0 Å². The third kappa shape index (κ3) is 12.1. The Morgan fingerprint density at radius 2 is 1.49 bits per heavy atom. The first-order valence-corrected chi connectivity index (χ1v) is 21.6. The van der Waals surface area contributed by atoms with E-state index < -0.39 is 102 Å². The number of carbonyl (C=O) groups is 1. The monoisotopic (exact) mass is 848 g/mol. The molecule has 4 N–H and O–H groups in total. The highest BCUT2D eigenvalue weighted by atomic mass is 16.7. The van der Waals surface area contributed by atoms with E-state index in [0.29, 0.717) is 13.0 Å². The van der Waals surface area contributed by atoms with Crippen LogP contribution in [0.2, 0.25) is 0 Å². The maximum absolute atomic E-state index is 14.4. The van der Waals surface area contributed by atoms with E-state index in [1.54, 1.807) is 35.0 Å². The molecule has 0 amide bonds. The summed E-state index contributed by atoms with van der Waals surface area (Å²) in [7, 11) is 11.0. The van der Waals surface area contributed by atoms with Gasteiger partial charge >= 0.3 is 5.97 Å². The van der Waals surface area contributed by atoms with Crippen molar-refractivity contribution in [3.05, 3.63) is 0 Å². The van der Waals surface area contributed by atoms with Crippen molar-refractivity contribution in [2.75, 3.05) is 55.6 Å². The Hall–Kier alpha value is -1.54. The maximum atomic E-state index is 14.4. The van der Waals surface area contributed by atoms with Crippen molar-refractivity contribution in [2.24, 2.45) is 28.8 Å². The minimum absolute atomic E-state index is 0.179. The summed E-state index contributed by atoms with van der Waals surface area (Å²) in [6, 6.07) is -0.276. The van der Waals surface area contributed by atoms with Crippen LogP contribution in [0.25, 0.3) is 0 Å². The van der Waals surface area contributed by atoms with Crippen LogP contribution in [-0.2, 0) is 42.7 Å². The lowest BCUT2D eigenvalue weighted by Gasteiger charge is -2.50. The Morgan fingerprint density at radius 1 is 0.881 bits per heavy atom. The predicted octanol–water partition coefficient (Wildman–Crippen LogP) is 3.68. The van der Waals surface area contributed by atoms with Crippen LogP contribution in [0.4, 0.5) is 0 Å². The highest BCUT2D eigenvalue weighted by Gasteiger charge is 2.54. The van der Waals surface area contributed by atoms with Crippen molar-refractivity contribution in [3.8, 4) is 0 Å². The number of carbonyl (C=O) groups excluding carboxylic acids is 1. The first-order chi connectivity index (χ1) is 27.4. The Kier molecular flexibility index (Phi) is 19.1. The van der Waals surface area contributed by atoms with Crippen molar-refractivity contribution in [2.45, 2.75) is 186 Å². The van der Waals surface area contributed by atoms with E-state index in [4.69, 9.17) is 37.9 Å². The largest absolute Gasteiger partial charge is 0.459 e. The molecule has 346 valence electrons. The Balaban J connectivity index is 2.20. The van der Waals surface area contributed by atoms with Gasteiger partial charge in [-0.05, 0) is 102 Å². The molecule has 3 rings (SSSR count). The van der Waals surface area contributed by atoms with Crippen molar-refractivity contribution in [1.82, 2.24) is 9.80 Å². The summed E-state index contributed by atoms with van der Waals surface area (Å²) in [5.74, 6) is -3.74. The fraction of sp³-hybridized carbons (Fsp3) is 0.953. The van der Waals surface area contributed by atoms with E-state index in [1.165, 1.54) is 6.92 Å². The van der Waals surface area contributed by atoms with Gasteiger partial charge in [-0.1, -0.05) is 32.9 Å². The average molecular weight is 848 g/mol. The van der Waals surface area contributed by atoms with Gasteiger partial charge in [0.05, 0.1) is 53.4 Å². The van der Waals surface area contributed by atoms with Gasteiger partial charge < -0.3 is 68.2 Å².